The van der Waals surface area contributed by atoms with Crippen molar-refractivity contribution in [1.82, 2.24) is 9.88 Å². The Morgan fingerprint density at radius 1 is 0.974 bits per heavy atom. The molecule has 1 aromatic heterocycles. The third-order valence-corrected chi connectivity index (χ3v) is 6.29. The topological polar surface area (TPSA) is 107 Å². The van der Waals surface area contributed by atoms with Crippen LogP contribution in [0.3, 0.4) is 0 Å². The molecule has 0 saturated carbocycles. The quantitative estimate of drug-likeness (QED) is 0.226. The van der Waals surface area contributed by atoms with E-state index < -0.39 is 17.7 Å². The van der Waals surface area contributed by atoms with E-state index >= 15 is 0 Å². The highest BCUT2D eigenvalue weighted by molar-refractivity contribution is 6.46. The molecule has 1 amide bonds. The lowest BCUT2D eigenvalue weighted by Gasteiger charge is -2.26. The molecule has 2 heterocycles. The van der Waals surface area contributed by atoms with Crippen LogP contribution in [0.5, 0.6) is 23.0 Å². The summed E-state index contributed by atoms with van der Waals surface area (Å²) in [5.74, 6) is 0.0209. The molecule has 39 heavy (non-hydrogen) atoms. The van der Waals surface area contributed by atoms with Crippen molar-refractivity contribution in [2.24, 2.45) is 5.92 Å². The van der Waals surface area contributed by atoms with Gasteiger partial charge in [0.2, 0.25) is 5.75 Å². The number of hydrogen-bond donors (Lipinski definition) is 1. The maximum absolute atomic E-state index is 13.5. The van der Waals surface area contributed by atoms with Crippen LogP contribution in [0, 0.1) is 5.92 Å². The van der Waals surface area contributed by atoms with Gasteiger partial charge in [0.1, 0.15) is 11.5 Å². The molecular formula is C30H32N2O7. The van der Waals surface area contributed by atoms with Crippen LogP contribution in [0.2, 0.25) is 0 Å². The summed E-state index contributed by atoms with van der Waals surface area (Å²) >= 11 is 0. The number of methoxy groups -OCH3 is 3. The number of rotatable bonds is 10. The fourth-order valence-electron chi connectivity index (χ4n) is 4.47. The number of pyridine rings is 1. The molecule has 2 aromatic carbocycles. The van der Waals surface area contributed by atoms with Gasteiger partial charge in [0.25, 0.3) is 11.7 Å². The number of benzene rings is 2. The van der Waals surface area contributed by atoms with Crippen molar-refractivity contribution in [1.29, 1.82) is 0 Å². The molecule has 1 atom stereocenters. The number of aromatic nitrogens is 1. The number of ketones is 1. The summed E-state index contributed by atoms with van der Waals surface area (Å²) in [7, 11) is 4.45. The van der Waals surface area contributed by atoms with Crippen molar-refractivity contribution < 1.29 is 33.6 Å². The summed E-state index contributed by atoms with van der Waals surface area (Å²) < 4.78 is 22.3. The number of amides is 1. The summed E-state index contributed by atoms with van der Waals surface area (Å²) in [5, 5.41) is 11.5. The van der Waals surface area contributed by atoms with Crippen LogP contribution >= 0.6 is 0 Å². The van der Waals surface area contributed by atoms with Crippen LogP contribution in [-0.2, 0) is 16.1 Å². The molecule has 204 valence electrons. The Hall–Kier alpha value is -4.53. The highest BCUT2D eigenvalue weighted by Crippen LogP contribution is 2.46. The van der Waals surface area contributed by atoms with E-state index in [9.17, 15) is 14.7 Å². The van der Waals surface area contributed by atoms with Gasteiger partial charge in [-0.25, -0.2) is 0 Å². The second-order valence-electron chi connectivity index (χ2n) is 9.44. The van der Waals surface area contributed by atoms with Crippen LogP contribution in [-0.4, -0.2) is 54.6 Å². The lowest BCUT2D eigenvalue weighted by molar-refractivity contribution is -0.140. The van der Waals surface area contributed by atoms with Crippen molar-refractivity contribution in [3.63, 3.8) is 0 Å². The average Bonchev–Trinajstić information content (AvgIpc) is 3.20. The fourth-order valence-corrected chi connectivity index (χ4v) is 4.47. The Bertz CT molecular complexity index is 1360. The Morgan fingerprint density at radius 3 is 2.28 bits per heavy atom. The first kappa shape index (κ1) is 27.5. The molecule has 0 aliphatic carbocycles. The lowest BCUT2D eigenvalue weighted by Crippen LogP contribution is -2.29. The van der Waals surface area contributed by atoms with E-state index in [0.717, 1.165) is 0 Å². The molecule has 0 spiro atoms. The fraction of sp³-hybridized carbons (Fsp3) is 0.300. The number of aliphatic hydroxyl groups is 1. The number of ether oxygens (including phenoxy) is 4. The van der Waals surface area contributed by atoms with Crippen LogP contribution < -0.4 is 18.9 Å². The SMILES string of the molecule is COc1cc(C2/C(=C(\O)c3cccc(OCC(C)C)c3)C(=O)C(=O)N2Cc2ccccn2)cc(OC)c1OC. The standard InChI is InChI=1S/C30H32N2O7/c1-18(2)17-39-22-11-8-9-19(13-22)27(33)25-26(20-14-23(36-3)29(38-5)24(15-20)37-4)32(30(35)28(25)34)16-21-10-6-7-12-31-21/h6-15,18,26,33H,16-17H2,1-5H3/b27-25+. The smallest absolute Gasteiger partial charge is 0.296 e. The van der Waals surface area contributed by atoms with E-state index in [-0.39, 0.29) is 17.9 Å². The van der Waals surface area contributed by atoms with Gasteiger partial charge in [-0.2, -0.15) is 0 Å². The van der Waals surface area contributed by atoms with Crippen molar-refractivity contribution in [2.45, 2.75) is 26.4 Å². The zero-order valence-corrected chi connectivity index (χ0v) is 22.6. The predicted molar refractivity (Wildman–Crippen MR) is 145 cm³/mol. The van der Waals surface area contributed by atoms with Gasteiger partial charge in [-0.1, -0.05) is 32.0 Å². The van der Waals surface area contributed by atoms with Crippen molar-refractivity contribution >= 4 is 17.4 Å². The number of Topliss-reactive ketones (excluding diaryl/α,β-unsaturated/α-hetero) is 1. The number of hydrogen-bond acceptors (Lipinski definition) is 8. The number of carbonyl (C=O) groups is 2. The minimum absolute atomic E-state index is 0.0427. The number of carbonyl (C=O) groups excluding carboxylic acids is 2. The molecule has 1 saturated heterocycles. The van der Waals surface area contributed by atoms with E-state index in [0.29, 0.717) is 52.3 Å². The molecule has 1 fully saturated rings. The van der Waals surface area contributed by atoms with Gasteiger partial charge in [0.05, 0.1) is 51.8 Å². The summed E-state index contributed by atoms with van der Waals surface area (Å²) in [6.07, 6.45) is 1.61. The largest absolute Gasteiger partial charge is 0.507 e. The van der Waals surface area contributed by atoms with Crippen LogP contribution in [0.4, 0.5) is 0 Å². The highest BCUT2D eigenvalue weighted by Gasteiger charge is 2.46. The summed E-state index contributed by atoms with van der Waals surface area (Å²) in [4.78, 5) is 32.6. The van der Waals surface area contributed by atoms with Gasteiger partial charge in [0.15, 0.2) is 11.5 Å². The molecule has 1 unspecified atom stereocenters. The van der Waals surface area contributed by atoms with E-state index in [1.54, 1.807) is 60.8 Å². The second-order valence-corrected chi connectivity index (χ2v) is 9.44. The van der Waals surface area contributed by atoms with E-state index in [1.807, 2.05) is 13.8 Å². The van der Waals surface area contributed by atoms with E-state index in [4.69, 9.17) is 18.9 Å². The maximum Gasteiger partial charge on any atom is 0.296 e. The van der Waals surface area contributed by atoms with Crippen LogP contribution in [0.15, 0.2) is 66.4 Å². The first-order valence-corrected chi connectivity index (χ1v) is 12.5. The van der Waals surface area contributed by atoms with Gasteiger partial charge in [-0.15, -0.1) is 0 Å². The third kappa shape index (κ3) is 5.67. The molecule has 3 aromatic rings. The molecule has 9 heteroatoms. The first-order valence-electron chi connectivity index (χ1n) is 12.5. The van der Waals surface area contributed by atoms with Gasteiger partial charge >= 0.3 is 0 Å². The molecule has 0 bridgehead atoms. The number of nitrogens with zero attached hydrogens (tertiary/aromatic N) is 2. The van der Waals surface area contributed by atoms with Crippen molar-refractivity contribution in [3.8, 4) is 23.0 Å². The highest BCUT2D eigenvalue weighted by atomic mass is 16.5. The molecule has 4 rings (SSSR count). The zero-order chi connectivity index (χ0) is 28.1. The summed E-state index contributed by atoms with van der Waals surface area (Å²) in [6, 6.07) is 14.5. The minimum atomic E-state index is -0.957. The lowest BCUT2D eigenvalue weighted by atomic mass is 9.94. The molecule has 1 aliphatic heterocycles. The molecule has 1 aliphatic rings. The first-order chi connectivity index (χ1) is 18.8. The van der Waals surface area contributed by atoms with Gasteiger partial charge in [0, 0.05) is 11.8 Å². The van der Waals surface area contributed by atoms with Crippen LogP contribution in [0.1, 0.15) is 36.7 Å². The molecule has 1 N–H and O–H groups in total. The zero-order valence-electron chi connectivity index (χ0n) is 22.6. The normalized spacial score (nSPS) is 16.5. The van der Waals surface area contributed by atoms with Crippen LogP contribution in [0.25, 0.3) is 5.76 Å². The Labute approximate surface area is 227 Å². The summed E-state index contributed by atoms with van der Waals surface area (Å²) in [6.45, 7) is 4.60. The second kappa shape index (κ2) is 11.9. The van der Waals surface area contributed by atoms with E-state index in [1.165, 1.54) is 26.2 Å². The van der Waals surface area contributed by atoms with Crippen molar-refractivity contribution in [3.05, 3.63) is 83.2 Å². The van der Waals surface area contributed by atoms with E-state index in [2.05, 4.69) is 4.98 Å². The number of likely N-dealkylation sites (tertiary alicyclic amines) is 1. The monoisotopic (exact) mass is 532 g/mol. The third-order valence-electron chi connectivity index (χ3n) is 6.29. The van der Waals surface area contributed by atoms with Crippen molar-refractivity contribution in [2.75, 3.05) is 27.9 Å². The van der Waals surface area contributed by atoms with Gasteiger partial charge < -0.3 is 29.0 Å². The average molecular weight is 533 g/mol. The summed E-state index contributed by atoms with van der Waals surface area (Å²) in [5.41, 5.74) is 1.37. The molecule has 0 radical (unpaired) electrons. The van der Waals surface area contributed by atoms with Gasteiger partial charge in [-0.05, 0) is 47.9 Å². The predicted octanol–water partition coefficient (Wildman–Crippen LogP) is 4.76. The van der Waals surface area contributed by atoms with Gasteiger partial charge in [-0.3, -0.25) is 14.6 Å². The Morgan fingerprint density at radius 2 is 1.69 bits per heavy atom. The number of aliphatic hydroxyl groups excluding tert-OH is 1. The Balaban J connectivity index is 1.89. The minimum Gasteiger partial charge on any atom is -0.507 e. The Kier molecular flexibility index (Phi) is 8.39. The maximum atomic E-state index is 13.5. The molecule has 9 nitrogen and oxygen atoms in total. The molecular weight excluding hydrogens is 500 g/mol.